The fourth-order valence-corrected chi connectivity index (χ4v) is 2.45. The van der Waals surface area contributed by atoms with Gasteiger partial charge in [0.05, 0.1) is 12.2 Å². The first-order chi connectivity index (χ1) is 11.0. The quantitative estimate of drug-likeness (QED) is 0.826. The number of anilines is 1. The van der Waals surface area contributed by atoms with E-state index in [1.165, 1.54) is 0 Å². The van der Waals surface area contributed by atoms with Crippen LogP contribution in [0.2, 0.25) is 0 Å². The van der Waals surface area contributed by atoms with Gasteiger partial charge in [-0.25, -0.2) is 0 Å². The zero-order valence-electron chi connectivity index (χ0n) is 14.4. The maximum atomic E-state index is 11.9. The summed E-state index contributed by atoms with van der Waals surface area (Å²) >= 11 is 0. The topological polar surface area (TPSA) is 59.0 Å². The van der Waals surface area contributed by atoms with Crippen molar-refractivity contribution in [3.63, 3.8) is 0 Å². The standard InChI is InChI=1S/C18H26N4O/c1-13(2)22-11-9-16(21-22)8-10-19-17(23)12-20-18-14(3)6-5-7-15(18)4/h5-7,9,11,13,20H,8,10,12H2,1-4H3,(H,19,23). The third kappa shape index (κ3) is 4.84. The van der Waals surface area contributed by atoms with Crippen molar-refractivity contribution in [2.45, 2.75) is 40.2 Å². The molecule has 0 saturated heterocycles. The third-order valence-corrected chi connectivity index (χ3v) is 3.80. The van der Waals surface area contributed by atoms with Crippen LogP contribution in [0, 0.1) is 13.8 Å². The second-order valence-electron chi connectivity index (χ2n) is 6.10. The lowest BCUT2D eigenvalue weighted by atomic mass is 10.1. The van der Waals surface area contributed by atoms with Gasteiger partial charge in [-0.1, -0.05) is 18.2 Å². The van der Waals surface area contributed by atoms with Gasteiger partial charge in [0.15, 0.2) is 0 Å². The highest BCUT2D eigenvalue weighted by atomic mass is 16.1. The van der Waals surface area contributed by atoms with Crippen molar-refractivity contribution in [2.75, 3.05) is 18.4 Å². The van der Waals surface area contributed by atoms with Gasteiger partial charge in [-0.3, -0.25) is 9.48 Å². The highest BCUT2D eigenvalue weighted by Gasteiger charge is 2.06. The molecule has 1 amide bonds. The summed E-state index contributed by atoms with van der Waals surface area (Å²) in [6.07, 6.45) is 2.72. The number of benzene rings is 1. The number of nitrogens with zero attached hydrogens (tertiary/aromatic N) is 2. The number of aromatic nitrogens is 2. The van der Waals surface area contributed by atoms with Gasteiger partial charge in [-0.05, 0) is 44.9 Å². The van der Waals surface area contributed by atoms with Crippen molar-refractivity contribution < 1.29 is 4.79 Å². The molecule has 0 atom stereocenters. The van der Waals surface area contributed by atoms with Gasteiger partial charge in [0.1, 0.15) is 0 Å². The van der Waals surface area contributed by atoms with Gasteiger partial charge in [0.2, 0.25) is 5.91 Å². The van der Waals surface area contributed by atoms with E-state index in [2.05, 4.69) is 29.6 Å². The van der Waals surface area contributed by atoms with E-state index in [0.717, 1.165) is 28.9 Å². The number of para-hydroxylation sites is 1. The molecular weight excluding hydrogens is 288 g/mol. The Morgan fingerprint density at radius 3 is 2.52 bits per heavy atom. The molecule has 23 heavy (non-hydrogen) atoms. The van der Waals surface area contributed by atoms with Crippen molar-refractivity contribution in [1.29, 1.82) is 0 Å². The highest BCUT2D eigenvalue weighted by Crippen LogP contribution is 2.18. The summed E-state index contributed by atoms with van der Waals surface area (Å²) in [5.41, 5.74) is 4.34. The van der Waals surface area contributed by atoms with Crippen LogP contribution in [0.25, 0.3) is 0 Å². The summed E-state index contributed by atoms with van der Waals surface area (Å²) < 4.78 is 1.93. The van der Waals surface area contributed by atoms with Crippen LogP contribution in [0.4, 0.5) is 5.69 Å². The van der Waals surface area contributed by atoms with Crippen LogP contribution in [-0.2, 0) is 11.2 Å². The molecule has 0 aliphatic carbocycles. The van der Waals surface area contributed by atoms with Crippen molar-refractivity contribution in [1.82, 2.24) is 15.1 Å². The zero-order chi connectivity index (χ0) is 16.8. The second kappa shape index (κ2) is 7.81. The second-order valence-corrected chi connectivity index (χ2v) is 6.10. The molecule has 5 heteroatoms. The number of amides is 1. The molecule has 1 aromatic heterocycles. The van der Waals surface area contributed by atoms with E-state index >= 15 is 0 Å². The van der Waals surface area contributed by atoms with Crippen LogP contribution in [-0.4, -0.2) is 28.8 Å². The first-order valence-corrected chi connectivity index (χ1v) is 8.08. The Kier molecular flexibility index (Phi) is 5.79. The smallest absolute Gasteiger partial charge is 0.239 e. The zero-order valence-corrected chi connectivity index (χ0v) is 14.4. The molecule has 0 aliphatic rings. The highest BCUT2D eigenvalue weighted by molar-refractivity contribution is 5.81. The molecule has 0 fully saturated rings. The first-order valence-electron chi connectivity index (χ1n) is 8.08. The largest absolute Gasteiger partial charge is 0.376 e. The van der Waals surface area contributed by atoms with Crippen molar-refractivity contribution in [3.8, 4) is 0 Å². The molecule has 5 nitrogen and oxygen atoms in total. The van der Waals surface area contributed by atoms with Gasteiger partial charge in [0.25, 0.3) is 0 Å². The van der Waals surface area contributed by atoms with Crippen LogP contribution in [0.15, 0.2) is 30.5 Å². The van der Waals surface area contributed by atoms with Crippen molar-refractivity contribution in [3.05, 3.63) is 47.3 Å². The molecule has 0 spiro atoms. The number of rotatable bonds is 7. The lowest BCUT2D eigenvalue weighted by molar-refractivity contribution is -0.119. The Hall–Kier alpha value is -2.30. The van der Waals surface area contributed by atoms with E-state index < -0.39 is 0 Å². The molecule has 0 unspecified atom stereocenters. The summed E-state index contributed by atoms with van der Waals surface area (Å²) in [6, 6.07) is 8.46. The molecule has 0 aliphatic heterocycles. The van der Waals surface area contributed by atoms with E-state index in [1.807, 2.05) is 49.0 Å². The number of hydrogen-bond acceptors (Lipinski definition) is 3. The number of hydrogen-bond donors (Lipinski definition) is 2. The summed E-state index contributed by atoms with van der Waals surface area (Å²) in [7, 11) is 0. The summed E-state index contributed by atoms with van der Waals surface area (Å²) in [4.78, 5) is 11.9. The molecule has 0 bridgehead atoms. The summed E-state index contributed by atoms with van der Waals surface area (Å²) in [5.74, 6) is -0.00375. The predicted octanol–water partition coefficient (Wildman–Crippen LogP) is 2.85. The fourth-order valence-electron chi connectivity index (χ4n) is 2.45. The minimum Gasteiger partial charge on any atom is -0.376 e. The number of aryl methyl sites for hydroxylation is 2. The number of carbonyl (C=O) groups is 1. The average molecular weight is 314 g/mol. The van der Waals surface area contributed by atoms with Crippen LogP contribution in [0.1, 0.15) is 36.7 Å². The van der Waals surface area contributed by atoms with Gasteiger partial charge >= 0.3 is 0 Å². The van der Waals surface area contributed by atoms with Crippen molar-refractivity contribution >= 4 is 11.6 Å². The molecule has 0 radical (unpaired) electrons. The minimum atomic E-state index is -0.00375. The lowest BCUT2D eigenvalue weighted by Gasteiger charge is -2.12. The molecule has 1 heterocycles. The molecule has 0 saturated carbocycles. The first kappa shape index (κ1) is 17.1. The normalized spacial score (nSPS) is 10.8. The summed E-state index contributed by atoms with van der Waals surface area (Å²) in [6.45, 7) is 9.15. The average Bonchev–Trinajstić information content (AvgIpc) is 2.96. The Morgan fingerprint density at radius 2 is 1.91 bits per heavy atom. The van der Waals surface area contributed by atoms with E-state index in [-0.39, 0.29) is 12.5 Å². The molecule has 124 valence electrons. The maximum Gasteiger partial charge on any atom is 0.239 e. The minimum absolute atomic E-state index is 0.00375. The fraction of sp³-hybridized carbons (Fsp3) is 0.444. The van der Waals surface area contributed by atoms with E-state index in [4.69, 9.17) is 0 Å². The van der Waals surface area contributed by atoms with Crippen molar-refractivity contribution in [2.24, 2.45) is 0 Å². The van der Waals surface area contributed by atoms with E-state index in [1.54, 1.807) is 0 Å². The van der Waals surface area contributed by atoms with Gasteiger partial charge in [-0.15, -0.1) is 0 Å². The summed E-state index contributed by atoms with van der Waals surface area (Å²) in [5, 5.41) is 10.6. The Balaban J connectivity index is 1.75. The molecule has 2 aromatic rings. The lowest BCUT2D eigenvalue weighted by Crippen LogP contribution is -2.31. The number of carbonyl (C=O) groups excluding carboxylic acids is 1. The SMILES string of the molecule is Cc1cccc(C)c1NCC(=O)NCCc1ccn(C(C)C)n1. The van der Waals surface area contributed by atoms with Crippen LogP contribution < -0.4 is 10.6 Å². The van der Waals surface area contributed by atoms with Crippen LogP contribution in [0.3, 0.4) is 0 Å². The number of nitrogens with one attached hydrogen (secondary N) is 2. The van der Waals surface area contributed by atoms with Gasteiger partial charge < -0.3 is 10.6 Å². The van der Waals surface area contributed by atoms with Gasteiger partial charge in [-0.2, -0.15) is 5.10 Å². The predicted molar refractivity (Wildman–Crippen MR) is 93.7 cm³/mol. The molecule has 1 aromatic carbocycles. The Bertz CT molecular complexity index is 641. The van der Waals surface area contributed by atoms with E-state index in [9.17, 15) is 4.79 Å². The molecule has 2 rings (SSSR count). The maximum absolute atomic E-state index is 11.9. The third-order valence-electron chi connectivity index (χ3n) is 3.80. The van der Waals surface area contributed by atoms with Gasteiger partial charge in [0, 0.05) is 30.9 Å². The molecule has 2 N–H and O–H groups in total. The monoisotopic (exact) mass is 314 g/mol. The Labute approximate surface area is 138 Å². The van der Waals surface area contributed by atoms with E-state index in [0.29, 0.717) is 12.6 Å². The Morgan fingerprint density at radius 1 is 1.22 bits per heavy atom. The van der Waals surface area contributed by atoms with Crippen LogP contribution in [0.5, 0.6) is 0 Å². The molecular formula is C18H26N4O. The van der Waals surface area contributed by atoms with Crippen LogP contribution >= 0.6 is 0 Å².